The van der Waals surface area contributed by atoms with Crippen molar-refractivity contribution in [1.29, 1.82) is 0 Å². The molecule has 1 spiro atoms. The highest BCUT2D eigenvalue weighted by atomic mass is 32.2. The molecule has 2 unspecified atom stereocenters. The summed E-state index contributed by atoms with van der Waals surface area (Å²) in [6.07, 6.45) is 4.55. The summed E-state index contributed by atoms with van der Waals surface area (Å²) in [7, 11) is 0. The Morgan fingerprint density at radius 3 is 2.61 bits per heavy atom. The average molecular weight is 584 g/mol. The monoisotopic (exact) mass is 583 g/mol. The van der Waals surface area contributed by atoms with Gasteiger partial charge in [-0.15, -0.1) is 18.3 Å². The predicted molar refractivity (Wildman–Crippen MR) is 157 cm³/mol. The number of esters is 1. The molecule has 0 radical (unpaired) electrons. The van der Waals surface area contributed by atoms with Gasteiger partial charge in [0, 0.05) is 37.5 Å². The van der Waals surface area contributed by atoms with Gasteiger partial charge < -0.3 is 24.4 Å². The van der Waals surface area contributed by atoms with Crippen LogP contribution in [0.25, 0.3) is 0 Å². The SMILES string of the molecule is C=CCOC(=O)[C@H]1[C@H]2C(=O)N([C@H](CO)c3ccccc3)C(C(=O)N(CC=C)CCN3CCOCC3)C23CC[C@]1(C)S3. The zero-order valence-electron chi connectivity index (χ0n) is 23.8. The maximum absolute atomic E-state index is 14.7. The second-order valence-electron chi connectivity index (χ2n) is 11.5. The van der Waals surface area contributed by atoms with Crippen molar-refractivity contribution < 1.29 is 29.0 Å². The molecule has 4 fully saturated rings. The van der Waals surface area contributed by atoms with Crippen LogP contribution in [0.3, 0.4) is 0 Å². The second-order valence-corrected chi connectivity index (χ2v) is 13.4. The summed E-state index contributed by atoms with van der Waals surface area (Å²) in [5.74, 6) is -2.27. The number of benzene rings is 1. The fraction of sp³-hybridized carbons (Fsp3) is 0.581. The molecule has 4 saturated heterocycles. The number of nitrogens with zero attached hydrogens (tertiary/aromatic N) is 3. The molecule has 4 heterocycles. The van der Waals surface area contributed by atoms with Gasteiger partial charge in [-0.05, 0) is 25.3 Å². The van der Waals surface area contributed by atoms with Gasteiger partial charge in [-0.25, -0.2) is 0 Å². The molecule has 2 amide bonds. The lowest BCUT2D eigenvalue weighted by Crippen LogP contribution is -2.56. The lowest BCUT2D eigenvalue weighted by molar-refractivity contribution is -0.155. The summed E-state index contributed by atoms with van der Waals surface area (Å²) in [6.45, 7) is 13.7. The first-order valence-electron chi connectivity index (χ1n) is 14.5. The van der Waals surface area contributed by atoms with Crippen LogP contribution in [0, 0.1) is 11.8 Å². The molecule has 41 heavy (non-hydrogen) atoms. The van der Waals surface area contributed by atoms with Gasteiger partial charge in [-0.2, -0.15) is 0 Å². The van der Waals surface area contributed by atoms with Crippen molar-refractivity contribution >= 4 is 29.5 Å². The van der Waals surface area contributed by atoms with Crippen LogP contribution in [0.5, 0.6) is 0 Å². The van der Waals surface area contributed by atoms with Crippen LogP contribution in [0.2, 0.25) is 0 Å². The molecule has 1 aromatic rings. The lowest BCUT2D eigenvalue weighted by atomic mass is 9.66. The molecule has 5 rings (SSSR count). The number of amides is 2. The van der Waals surface area contributed by atoms with E-state index in [1.165, 1.54) is 6.08 Å². The fourth-order valence-electron chi connectivity index (χ4n) is 7.30. The Bertz CT molecular complexity index is 1160. The zero-order valence-corrected chi connectivity index (χ0v) is 24.6. The number of ether oxygens (including phenoxy) is 2. The van der Waals surface area contributed by atoms with Crippen LogP contribution in [0.4, 0.5) is 0 Å². The van der Waals surface area contributed by atoms with E-state index in [1.807, 2.05) is 37.3 Å². The normalized spacial score (nSPS) is 31.5. The summed E-state index contributed by atoms with van der Waals surface area (Å²) in [5.41, 5.74) is 0.748. The van der Waals surface area contributed by atoms with Crippen LogP contribution in [0.15, 0.2) is 55.6 Å². The molecule has 1 N–H and O–H groups in total. The van der Waals surface area contributed by atoms with E-state index in [-0.39, 0.29) is 25.0 Å². The van der Waals surface area contributed by atoms with E-state index >= 15 is 0 Å². The van der Waals surface area contributed by atoms with Crippen LogP contribution in [-0.2, 0) is 23.9 Å². The van der Waals surface area contributed by atoms with E-state index in [4.69, 9.17) is 9.47 Å². The summed E-state index contributed by atoms with van der Waals surface area (Å²) in [4.78, 5) is 48.4. The van der Waals surface area contributed by atoms with Gasteiger partial charge in [-0.3, -0.25) is 19.3 Å². The molecule has 4 aliphatic rings. The third-order valence-corrected chi connectivity index (χ3v) is 11.2. The molecule has 4 aliphatic heterocycles. The van der Waals surface area contributed by atoms with Crippen LogP contribution < -0.4 is 0 Å². The van der Waals surface area contributed by atoms with Crippen molar-refractivity contribution in [3.8, 4) is 0 Å². The summed E-state index contributed by atoms with van der Waals surface area (Å²) >= 11 is 1.60. The van der Waals surface area contributed by atoms with Crippen molar-refractivity contribution in [1.82, 2.24) is 14.7 Å². The molecule has 0 aromatic heterocycles. The fourth-order valence-corrected chi connectivity index (χ4v) is 9.63. The molecular formula is C31H41N3O6S. The zero-order chi connectivity index (χ0) is 29.2. The van der Waals surface area contributed by atoms with Gasteiger partial charge in [0.1, 0.15) is 12.6 Å². The van der Waals surface area contributed by atoms with Gasteiger partial charge in [-0.1, -0.05) is 49.1 Å². The van der Waals surface area contributed by atoms with Crippen molar-refractivity contribution in [2.24, 2.45) is 11.8 Å². The van der Waals surface area contributed by atoms with Gasteiger partial charge in [0.15, 0.2) is 0 Å². The lowest BCUT2D eigenvalue weighted by Gasteiger charge is -2.40. The third kappa shape index (κ3) is 5.24. The van der Waals surface area contributed by atoms with Crippen molar-refractivity contribution in [3.63, 3.8) is 0 Å². The highest BCUT2D eigenvalue weighted by Crippen LogP contribution is 2.72. The molecule has 222 valence electrons. The Morgan fingerprint density at radius 1 is 1.22 bits per heavy atom. The van der Waals surface area contributed by atoms with Crippen LogP contribution >= 0.6 is 11.8 Å². The van der Waals surface area contributed by atoms with E-state index in [9.17, 15) is 19.5 Å². The number of rotatable bonds is 12. The smallest absolute Gasteiger partial charge is 0.311 e. The predicted octanol–water partition coefficient (Wildman–Crippen LogP) is 2.28. The van der Waals surface area contributed by atoms with Gasteiger partial charge in [0.2, 0.25) is 11.8 Å². The molecular weight excluding hydrogens is 542 g/mol. The molecule has 2 bridgehead atoms. The Labute approximate surface area is 246 Å². The maximum Gasteiger partial charge on any atom is 0.311 e. The number of aliphatic hydroxyl groups excluding tert-OH is 1. The Hall–Kier alpha value is -2.66. The van der Waals surface area contributed by atoms with Crippen LogP contribution in [-0.4, -0.2) is 112 Å². The number of thioether (sulfide) groups is 1. The number of hydrogen-bond donors (Lipinski definition) is 1. The minimum absolute atomic E-state index is 0.0635. The third-order valence-electron chi connectivity index (χ3n) is 9.19. The minimum Gasteiger partial charge on any atom is -0.461 e. The summed E-state index contributed by atoms with van der Waals surface area (Å²) in [6, 6.07) is 7.76. The van der Waals surface area contributed by atoms with E-state index in [1.54, 1.807) is 27.6 Å². The highest BCUT2D eigenvalue weighted by molar-refractivity contribution is 8.02. The maximum atomic E-state index is 14.7. The standard InChI is InChI=1S/C31H41N3O6S/c1-4-13-33(15-14-32-16-19-39-20-17-32)28(37)26-31-12-11-30(3,41-31)25(29(38)40-18-5-2)24(31)27(36)34(26)23(21-35)22-9-7-6-8-10-22/h4-10,23-26,35H,1-2,11-21H2,3H3/t23-,24+,25-,26?,30+,31?/m1/s1. The Morgan fingerprint density at radius 2 is 1.95 bits per heavy atom. The summed E-state index contributed by atoms with van der Waals surface area (Å²) < 4.78 is 9.68. The number of aliphatic hydroxyl groups is 1. The number of morpholine rings is 1. The number of hydrogen-bond acceptors (Lipinski definition) is 8. The topological polar surface area (TPSA) is 99.6 Å². The molecule has 10 heteroatoms. The first-order chi connectivity index (χ1) is 19.8. The first kappa shape index (κ1) is 29.8. The quantitative estimate of drug-likeness (QED) is 0.296. The summed E-state index contributed by atoms with van der Waals surface area (Å²) in [5, 5.41) is 10.7. The van der Waals surface area contributed by atoms with Crippen LogP contribution in [0.1, 0.15) is 31.4 Å². The first-order valence-corrected chi connectivity index (χ1v) is 15.3. The van der Waals surface area contributed by atoms with Gasteiger partial charge in [0.25, 0.3) is 0 Å². The largest absolute Gasteiger partial charge is 0.461 e. The van der Waals surface area contributed by atoms with E-state index < -0.39 is 39.4 Å². The molecule has 0 saturated carbocycles. The average Bonchev–Trinajstić information content (AvgIpc) is 3.56. The highest BCUT2D eigenvalue weighted by Gasteiger charge is 2.78. The number of likely N-dealkylation sites (tertiary alicyclic amines) is 1. The van der Waals surface area contributed by atoms with E-state index in [0.29, 0.717) is 45.7 Å². The van der Waals surface area contributed by atoms with E-state index in [0.717, 1.165) is 18.7 Å². The Balaban J connectivity index is 1.54. The minimum atomic E-state index is -0.842. The Kier molecular flexibility index (Phi) is 8.94. The van der Waals surface area contributed by atoms with Gasteiger partial charge >= 0.3 is 5.97 Å². The van der Waals surface area contributed by atoms with E-state index in [2.05, 4.69) is 18.1 Å². The number of fused-ring (bicyclic) bond motifs is 1. The second kappa shape index (κ2) is 12.3. The molecule has 1 aromatic carbocycles. The number of carbonyl (C=O) groups excluding carboxylic acids is 3. The van der Waals surface area contributed by atoms with Crippen molar-refractivity contribution in [2.45, 2.75) is 41.3 Å². The number of carbonyl (C=O) groups is 3. The molecule has 6 atom stereocenters. The molecule has 9 nitrogen and oxygen atoms in total. The van der Waals surface area contributed by atoms with Crippen molar-refractivity contribution in [3.05, 3.63) is 61.2 Å². The molecule has 0 aliphatic carbocycles. The van der Waals surface area contributed by atoms with Gasteiger partial charge in [0.05, 0.1) is 42.4 Å². The van der Waals surface area contributed by atoms with Crippen molar-refractivity contribution in [2.75, 3.05) is 59.2 Å².